The second kappa shape index (κ2) is 7.19. The number of methoxy groups -OCH3 is 3. The maximum absolute atomic E-state index is 5.52. The number of ether oxygens (including phenoxy) is 3. The lowest BCUT2D eigenvalue weighted by atomic mass is 9.99. The Labute approximate surface area is 140 Å². The number of benzene rings is 2. The van der Waals surface area contributed by atoms with Gasteiger partial charge in [-0.15, -0.1) is 0 Å². The van der Waals surface area contributed by atoms with Crippen LogP contribution in [-0.4, -0.2) is 26.5 Å². The first-order chi connectivity index (χ1) is 11.8. The van der Waals surface area contributed by atoms with Crippen molar-refractivity contribution in [3.8, 4) is 33.9 Å². The highest BCUT2D eigenvalue weighted by molar-refractivity contribution is 5.82. The molecular formula is C19H19NO4. The molecule has 0 unspecified atom stereocenters. The van der Waals surface area contributed by atoms with Crippen LogP contribution in [0.25, 0.3) is 22.4 Å². The van der Waals surface area contributed by atoms with Crippen molar-refractivity contribution in [2.24, 2.45) is 0 Å². The van der Waals surface area contributed by atoms with E-state index in [2.05, 4.69) is 5.16 Å². The number of nitrogens with zero attached hydrogens (tertiary/aromatic N) is 1. The normalized spacial score (nSPS) is 10.6. The Hall–Kier alpha value is -2.79. The Morgan fingerprint density at radius 2 is 1.33 bits per heavy atom. The Morgan fingerprint density at radius 1 is 0.792 bits per heavy atom. The molecule has 0 spiro atoms. The van der Waals surface area contributed by atoms with E-state index in [1.165, 1.54) is 0 Å². The number of aromatic nitrogens is 1. The molecule has 0 saturated heterocycles. The van der Waals surface area contributed by atoms with Gasteiger partial charge in [0.2, 0.25) is 0 Å². The molecule has 0 bridgehead atoms. The molecule has 0 radical (unpaired) electrons. The van der Waals surface area contributed by atoms with Gasteiger partial charge in [0, 0.05) is 12.7 Å². The van der Waals surface area contributed by atoms with Crippen LogP contribution >= 0.6 is 0 Å². The van der Waals surface area contributed by atoms with Gasteiger partial charge >= 0.3 is 0 Å². The van der Waals surface area contributed by atoms with Crippen LogP contribution in [0.2, 0.25) is 0 Å². The Kier molecular flexibility index (Phi) is 4.82. The molecule has 0 aliphatic carbocycles. The van der Waals surface area contributed by atoms with Crippen molar-refractivity contribution >= 4 is 0 Å². The lowest BCUT2D eigenvalue weighted by molar-refractivity contribution is 0.156. The highest BCUT2D eigenvalue weighted by Crippen LogP contribution is 2.36. The lowest BCUT2D eigenvalue weighted by Crippen LogP contribution is -1.91. The van der Waals surface area contributed by atoms with Crippen molar-refractivity contribution in [3.05, 3.63) is 54.3 Å². The molecule has 0 amide bonds. The van der Waals surface area contributed by atoms with E-state index in [1.807, 2.05) is 48.5 Å². The fraction of sp³-hybridized carbons (Fsp3) is 0.211. The van der Waals surface area contributed by atoms with Crippen molar-refractivity contribution in [3.63, 3.8) is 0 Å². The van der Waals surface area contributed by atoms with Crippen LogP contribution in [-0.2, 0) is 11.3 Å². The van der Waals surface area contributed by atoms with Gasteiger partial charge in [-0.25, -0.2) is 0 Å². The molecule has 5 heteroatoms. The molecule has 0 atom stereocenters. The topological polar surface area (TPSA) is 53.7 Å². The van der Waals surface area contributed by atoms with Crippen molar-refractivity contribution in [2.45, 2.75) is 6.61 Å². The summed E-state index contributed by atoms with van der Waals surface area (Å²) in [4.78, 5) is 0. The first-order valence-corrected chi connectivity index (χ1v) is 7.53. The largest absolute Gasteiger partial charge is 0.497 e. The van der Waals surface area contributed by atoms with E-state index in [-0.39, 0.29) is 0 Å². The van der Waals surface area contributed by atoms with Gasteiger partial charge in [-0.1, -0.05) is 17.3 Å². The van der Waals surface area contributed by atoms with Gasteiger partial charge in [0.1, 0.15) is 23.8 Å². The van der Waals surface area contributed by atoms with Gasteiger partial charge in [-0.3, -0.25) is 0 Å². The van der Waals surface area contributed by atoms with Crippen LogP contribution in [0.3, 0.4) is 0 Å². The highest BCUT2D eigenvalue weighted by atomic mass is 16.5. The second-order valence-electron chi connectivity index (χ2n) is 5.22. The van der Waals surface area contributed by atoms with E-state index < -0.39 is 0 Å². The first kappa shape index (κ1) is 16.1. The van der Waals surface area contributed by atoms with Crippen LogP contribution in [0, 0.1) is 0 Å². The third-order valence-corrected chi connectivity index (χ3v) is 3.78. The molecule has 0 aliphatic rings. The average molecular weight is 325 g/mol. The van der Waals surface area contributed by atoms with Crippen molar-refractivity contribution in [2.75, 3.05) is 21.3 Å². The maximum Gasteiger partial charge on any atom is 0.170 e. The van der Waals surface area contributed by atoms with Crippen LogP contribution in [0.4, 0.5) is 0 Å². The summed E-state index contributed by atoms with van der Waals surface area (Å²) in [7, 11) is 4.92. The molecule has 0 fully saturated rings. The van der Waals surface area contributed by atoms with Gasteiger partial charge in [-0.2, -0.15) is 0 Å². The summed E-state index contributed by atoms with van der Waals surface area (Å²) >= 11 is 0. The summed E-state index contributed by atoms with van der Waals surface area (Å²) < 4.78 is 21.2. The summed E-state index contributed by atoms with van der Waals surface area (Å²) in [6.45, 7) is 0.352. The predicted octanol–water partition coefficient (Wildman–Crippen LogP) is 4.17. The average Bonchev–Trinajstić information content (AvgIpc) is 3.06. The number of hydrogen-bond donors (Lipinski definition) is 0. The van der Waals surface area contributed by atoms with Gasteiger partial charge < -0.3 is 18.7 Å². The van der Waals surface area contributed by atoms with Gasteiger partial charge in [0.15, 0.2) is 5.76 Å². The standard InChI is InChI=1S/C19H19NO4/c1-21-12-17-18(13-4-8-15(22-2)9-5-13)19(20-24-17)14-6-10-16(23-3)11-7-14/h4-11H,12H2,1-3H3. The van der Waals surface area contributed by atoms with Crippen molar-refractivity contribution in [1.82, 2.24) is 5.16 Å². The van der Waals surface area contributed by atoms with E-state index >= 15 is 0 Å². The maximum atomic E-state index is 5.52. The van der Waals surface area contributed by atoms with Crippen LogP contribution in [0.1, 0.15) is 5.76 Å². The molecule has 124 valence electrons. The van der Waals surface area contributed by atoms with E-state index in [4.69, 9.17) is 18.7 Å². The van der Waals surface area contributed by atoms with E-state index in [0.717, 1.165) is 33.9 Å². The SMILES string of the molecule is COCc1onc(-c2ccc(OC)cc2)c1-c1ccc(OC)cc1. The van der Waals surface area contributed by atoms with Gasteiger partial charge in [0.05, 0.1) is 19.8 Å². The van der Waals surface area contributed by atoms with Crippen molar-refractivity contribution < 1.29 is 18.7 Å². The summed E-state index contributed by atoms with van der Waals surface area (Å²) in [5.41, 5.74) is 3.64. The van der Waals surface area contributed by atoms with Crippen LogP contribution in [0.15, 0.2) is 53.1 Å². The third kappa shape index (κ3) is 3.12. The molecule has 1 aromatic heterocycles. The molecule has 2 aromatic carbocycles. The minimum atomic E-state index is 0.352. The Balaban J connectivity index is 2.08. The summed E-state index contributed by atoms with van der Waals surface area (Å²) in [6, 6.07) is 15.5. The molecule has 0 aliphatic heterocycles. The Bertz CT molecular complexity index is 791. The van der Waals surface area contributed by atoms with Gasteiger partial charge in [-0.05, 0) is 42.0 Å². The monoisotopic (exact) mass is 325 g/mol. The van der Waals surface area contributed by atoms with E-state index in [0.29, 0.717) is 12.4 Å². The van der Waals surface area contributed by atoms with Crippen molar-refractivity contribution in [1.29, 1.82) is 0 Å². The lowest BCUT2D eigenvalue weighted by Gasteiger charge is -2.07. The molecule has 24 heavy (non-hydrogen) atoms. The quantitative estimate of drug-likeness (QED) is 0.681. The molecule has 5 nitrogen and oxygen atoms in total. The summed E-state index contributed by atoms with van der Waals surface area (Å²) in [5.74, 6) is 2.29. The molecule has 0 saturated carbocycles. The minimum absolute atomic E-state index is 0.352. The van der Waals surface area contributed by atoms with E-state index in [1.54, 1.807) is 21.3 Å². The zero-order chi connectivity index (χ0) is 16.9. The smallest absolute Gasteiger partial charge is 0.170 e. The molecular weight excluding hydrogens is 306 g/mol. The third-order valence-electron chi connectivity index (χ3n) is 3.78. The number of rotatable bonds is 6. The van der Waals surface area contributed by atoms with Gasteiger partial charge in [0.25, 0.3) is 0 Å². The molecule has 3 rings (SSSR count). The predicted molar refractivity (Wildman–Crippen MR) is 91.2 cm³/mol. The van der Waals surface area contributed by atoms with Crippen LogP contribution < -0.4 is 9.47 Å². The van der Waals surface area contributed by atoms with E-state index in [9.17, 15) is 0 Å². The molecule has 1 heterocycles. The molecule has 3 aromatic rings. The minimum Gasteiger partial charge on any atom is -0.497 e. The zero-order valence-electron chi connectivity index (χ0n) is 13.9. The fourth-order valence-electron chi connectivity index (χ4n) is 2.56. The first-order valence-electron chi connectivity index (χ1n) is 7.53. The zero-order valence-corrected chi connectivity index (χ0v) is 13.9. The molecule has 0 N–H and O–H groups in total. The second-order valence-corrected chi connectivity index (χ2v) is 5.22. The number of hydrogen-bond acceptors (Lipinski definition) is 5. The fourth-order valence-corrected chi connectivity index (χ4v) is 2.56. The summed E-state index contributed by atoms with van der Waals surface area (Å²) in [6.07, 6.45) is 0. The summed E-state index contributed by atoms with van der Waals surface area (Å²) in [5, 5.41) is 4.25. The van der Waals surface area contributed by atoms with Crippen LogP contribution in [0.5, 0.6) is 11.5 Å². The Morgan fingerprint density at radius 3 is 1.83 bits per heavy atom. The highest BCUT2D eigenvalue weighted by Gasteiger charge is 2.19.